The molecule has 2 N–H and O–H groups in total. The normalized spacial score (nSPS) is 11.6. The minimum absolute atomic E-state index is 0.0593. The van der Waals surface area contributed by atoms with Gasteiger partial charge in [0.25, 0.3) is 0 Å². The lowest BCUT2D eigenvalue weighted by atomic mass is 10.1. The van der Waals surface area contributed by atoms with Crippen LogP contribution < -0.4 is 0 Å². The molecular formula is C25H30N4O2. The second kappa shape index (κ2) is 8.47. The average molecular weight is 419 g/mol. The lowest BCUT2D eigenvalue weighted by Crippen LogP contribution is -2.26. The smallest absolute Gasteiger partial charge is 0.219 e. The van der Waals surface area contributed by atoms with Gasteiger partial charge in [0, 0.05) is 55.7 Å². The third-order valence-corrected chi connectivity index (χ3v) is 6.00. The molecule has 2 aromatic heterocycles. The van der Waals surface area contributed by atoms with Gasteiger partial charge >= 0.3 is 0 Å². The fourth-order valence-corrected chi connectivity index (χ4v) is 4.13. The van der Waals surface area contributed by atoms with Crippen molar-refractivity contribution in [3.05, 3.63) is 59.9 Å². The number of amides is 1. The molecule has 31 heavy (non-hydrogen) atoms. The van der Waals surface area contributed by atoms with Crippen molar-refractivity contribution in [3.8, 4) is 11.4 Å². The average Bonchev–Trinajstić information content (AvgIpc) is 3.32. The number of aromatic amines is 1. The number of likely N-dealkylation sites (N-methyl/N-ethyl adjacent to an activating group) is 2. The zero-order chi connectivity index (χ0) is 22.1. The number of H-pyrrole nitrogens is 1. The maximum Gasteiger partial charge on any atom is 0.219 e. The minimum atomic E-state index is 0.0593. The van der Waals surface area contributed by atoms with Gasteiger partial charge in [-0.1, -0.05) is 18.2 Å². The summed E-state index contributed by atoms with van der Waals surface area (Å²) in [6.07, 6.45) is 5.79. The highest BCUT2D eigenvalue weighted by atomic mass is 16.3. The van der Waals surface area contributed by atoms with Crippen LogP contribution in [0, 0.1) is 0 Å². The largest absolute Gasteiger partial charge is 0.506 e. The number of hydrogen-bond acceptors (Lipinski definition) is 3. The minimum Gasteiger partial charge on any atom is -0.506 e. The Labute approximate surface area is 182 Å². The van der Waals surface area contributed by atoms with E-state index in [4.69, 9.17) is 0 Å². The molecule has 1 amide bonds. The Morgan fingerprint density at radius 3 is 2.52 bits per heavy atom. The summed E-state index contributed by atoms with van der Waals surface area (Å²) in [4.78, 5) is 18.9. The molecular weight excluding hydrogens is 388 g/mol. The number of carbonyl (C=O) groups is 1. The van der Waals surface area contributed by atoms with Gasteiger partial charge in [-0.25, -0.2) is 0 Å². The fraction of sp³-hybridized carbons (Fsp3) is 0.320. The van der Waals surface area contributed by atoms with Gasteiger partial charge in [-0.05, 0) is 56.3 Å². The summed E-state index contributed by atoms with van der Waals surface area (Å²) in [5, 5.41) is 13.1. The van der Waals surface area contributed by atoms with E-state index in [0.29, 0.717) is 6.54 Å². The van der Waals surface area contributed by atoms with E-state index >= 15 is 0 Å². The Bertz CT molecular complexity index is 1240. The maximum atomic E-state index is 11.6. The quantitative estimate of drug-likeness (QED) is 0.478. The molecule has 4 aromatic rings. The van der Waals surface area contributed by atoms with Crippen LogP contribution in [0.15, 0.2) is 48.8 Å². The van der Waals surface area contributed by atoms with Gasteiger partial charge < -0.3 is 24.5 Å². The van der Waals surface area contributed by atoms with Crippen LogP contribution in [0.2, 0.25) is 0 Å². The first-order chi connectivity index (χ1) is 14.9. The number of carbonyl (C=O) groups excluding carboxylic acids is 1. The third kappa shape index (κ3) is 4.03. The van der Waals surface area contributed by atoms with E-state index in [1.54, 1.807) is 17.9 Å². The lowest BCUT2D eigenvalue weighted by molar-refractivity contribution is -0.127. The lowest BCUT2D eigenvalue weighted by Gasteiger charge is -2.14. The Kier molecular flexibility index (Phi) is 5.74. The fourth-order valence-electron chi connectivity index (χ4n) is 4.13. The van der Waals surface area contributed by atoms with Gasteiger partial charge in [0.15, 0.2) is 0 Å². The van der Waals surface area contributed by atoms with Crippen molar-refractivity contribution < 1.29 is 9.90 Å². The maximum absolute atomic E-state index is 11.6. The second-order valence-corrected chi connectivity index (χ2v) is 8.46. The number of phenols is 1. The highest BCUT2D eigenvalue weighted by molar-refractivity contribution is 5.97. The second-order valence-electron chi connectivity index (χ2n) is 8.46. The van der Waals surface area contributed by atoms with E-state index in [0.717, 1.165) is 52.4 Å². The number of rotatable bonds is 7. The molecule has 162 valence electrons. The van der Waals surface area contributed by atoms with Crippen LogP contribution in [0.25, 0.3) is 27.5 Å². The van der Waals surface area contributed by atoms with Crippen molar-refractivity contribution in [2.45, 2.75) is 19.8 Å². The van der Waals surface area contributed by atoms with Crippen LogP contribution in [0.1, 0.15) is 18.1 Å². The van der Waals surface area contributed by atoms with E-state index in [-0.39, 0.29) is 11.7 Å². The Morgan fingerprint density at radius 1 is 1.03 bits per heavy atom. The molecule has 6 heteroatoms. The van der Waals surface area contributed by atoms with Gasteiger partial charge in [0.1, 0.15) is 5.75 Å². The molecule has 0 aliphatic carbocycles. The van der Waals surface area contributed by atoms with Crippen molar-refractivity contribution >= 4 is 27.7 Å². The first-order valence-corrected chi connectivity index (χ1v) is 10.6. The summed E-state index contributed by atoms with van der Waals surface area (Å²) in [5.41, 5.74) is 5.20. The molecule has 0 saturated carbocycles. The molecule has 2 aromatic carbocycles. The number of nitrogens with one attached hydrogen (secondary N) is 1. The summed E-state index contributed by atoms with van der Waals surface area (Å²) in [5.74, 6) is 0.315. The number of phenolic OH excluding ortho intramolecular Hbond substituents is 1. The molecule has 0 saturated heterocycles. The highest BCUT2D eigenvalue weighted by Crippen LogP contribution is 2.37. The Balaban J connectivity index is 1.86. The number of para-hydroxylation sites is 1. The van der Waals surface area contributed by atoms with Crippen molar-refractivity contribution in [2.75, 3.05) is 34.2 Å². The van der Waals surface area contributed by atoms with E-state index in [1.165, 1.54) is 5.56 Å². The standard InChI is InChI=1S/C25H30N4O2/c1-17(30)28(4)14-12-19-16-29(22-8-6-5-7-20(19)22)25-23(31)10-9-21-24(25)18(15-26-21)11-13-27(2)3/h5-10,15-16,26,31H,11-14H2,1-4H3. The van der Waals surface area contributed by atoms with Gasteiger partial charge in [0.2, 0.25) is 5.91 Å². The van der Waals surface area contributed by atoms with Crippen LogP contribution in [0.3, 0.4) is 0 Å². The van der Waals surface area contributed by atoms with Crippen LogP contribution >= 0.6 is 0 Å². The van der Waals surface area contributed by atoms with E-state index in [1.807, 2.05) is 31.4 Å². The van der Waals surface area contributed by atoms with Crippen LogP contribution in [-0.4, -0.2) is 64.6 Å². The molecule has 4 rings (SSSR count). The van der Waals surface area contributed by atoms with Crippen molar-refractivity contribution in [3.63, 3.8) is 0 Å². The SMILES string of the molecule is CC(=O)N(C)CCc1cn(-c2c(O)ccc3[nH]cc(CCN(C)C)c23)c2ccccc12. The molecule has 2 heterocycles. The zero-order valence-electron chi connectivity index (χ0n) is 18.6. The molecule has 0 unspecified atom stereocenters. The van der Waals surface area contributed by atoms with Gasteiger partial charge in [0.05, 0.1) is 11.2 Å². The number of benzene rings is 2. The molecule has 0 aliphatic rings. The molecule has 0 bridgehead atoms. The molecule has 0 atom stereocenters. The summed E-state index contributed by atoms with van der Waals surface area (Å²) in [7, 11) is 5.96. The van der Waals surface area contributed by atoms with Crippen molar-refractivity contribution in [2.24, 2.45) is 0 Å². The van der Waals surface area contributed by atoms with Crippen molar-refractivity contribution in [1.82, 2.24) is 19.4 Å². The van der Waals surface area contributed by atoms with Crippen LogP contribution in [0.4, 0.5) is 0 Å². The van der Waals surface area contributed by atoms with Gasteiger partial charge in [-0.15, -0.1) is 0 Å². The third-order valence-electron chi connectivity index (χ3n) is 6.00. The summed E-state index contributed by atoms with van der Waals surface area (Å²) >= 11 is 0. The molecule has 6 nitrogen and oxygen atoms in total. The number of nitrogens with zero attached hydrogens (tertiary/aromatic N) is 3. The molecule has 0 radical (unpaired) electrons. The predicted molar refractivity (Wildman–Crippen MR) is 126 cm³/mol. The summed E-state index contributed by atoms with van der Waals surface area (Å²) < 4.78 is 2.10. The van der Waals surface area contributed by atoms with Gasteiger partial charge in [-0.2, -0.15) is 0 Å². The van der Waals surface area contributed by atoms with E-state index in [2.05, 4.69) is 46.9 Å². The number of fused-ring (bicyclic) bond motifs is 2. The number of aromatic nitrogens is 2. The summed E-state index contributed by atoms with van der Waals surface area (Å²) in [6, 6.07) is 11.9. The monoisotopic (exact) mass is 418 g/mol. The predicted octanol–water partition coefficient (Wildman–Crippen LogP) is 3.94. The van der Waals surface area contributed by atoms with Crippen molar-refractivity contribution in [1.29, 1.82) is 0 Å². The number of aromatic hydroxyl groups is 1. The van der Waals surface area contributed by atoms with Crippen LogP contribution in [0.5, 0.6) is 5.75 Å². The Hall–Kier alpha value is -3.25. The first kappa shape index (κ1) is 21.0. The van der Waals surface area contributed by atoms with Crippen LogP contribution in [-0.2, 0) is 17.6 Å². The number of hydrogen-bond donors (Lipinski definition) is 2. The molecule has 0 aliphatic heterocycles. The molecule has 0 spiro atoms. The topological polar surface area (TPSA) is 64.5 Å². The zero-order valence-corrected chi connectivity index (χ0v) is 18.6. The Morgan fingerprint density at radius 2 is 1.77 bits per heavy atom. The summed E-state index contributed by atoms with van der Waals surface area (Å²) in [6.45, 7) is 3.16. The first-order valence-electron chi connectivity index (χ1n) is 10.6. The van der Waals surface area contributed by atoms with Gasteiger partial charge in [-0.3, -0.25) is 4.79 Å². The van der Waals surface area contributed by atoms with E-state index < -0.39 is 0 Å². The van der Waals surface area contributed by atoms with E-state index in [9.17, 15) is 9.90 Å². The highest BCUT2D eigenvalue weighted by Gasteiger charge is 2.18. The molecule has 0 fully saturated rings.